The molecule has 4 N–H and O–H groups in total. The maximum atomic E-state index is 10.5. The lowest BCUT2D eigenvalue weighted by atomic mass is 9.89. The minimum absolute atomic E-state index is 0.102. The zero-order valence-corrected chi connectivity index (χ0v) is 17.0. The van der Waals surface area contributed by atoms with Gasteiger partial charge in [0.2, 0.25) is 0 Å². The molecule has 0 radical (unpaired) electrons. The van der Waals surface area contributed by atoms with E-state index in [1.54, 1.807) is 6.08 Å². The van der Waals surface area contributed by atoms with Gasteiger partial charge >= 0.3 is 5.97 Å². The van der Waals surface area contributed by atoms with E-state index in [0.29, 0.717) is 31.4 Å². The van der Waals surface area contributed by atoms with Crippen LogP contribution in [0, 0.1) is 11.8 Å². The fourth-order valence-corrected chi connectivity index (χ4v) is 3.70. The van der Waals surface area contributed by atoms with Gasteiger partial charge in [0.05, 0.1) is 17.9 Å². The van der Waals surface area contributed by atoms with Crippen molar-refractivity contribution in [3.63, 3.8) is 0 Å². The van der Waals surface area contributed by atoms with Crippen LogP contribution in [-0.2, 0) is 4.79 Å². The second-order valence-electron chi connectivity index (χ2n) is 7.70. The summed E-state index contributed by atoms with van der Waals surface area (Å²) in [4.78, 5) is 10.5. The van der Waals surface area contributed by atoms with Crippen molar-refractivity contribution in [1.29, 1.82) is 0 Å². The van der Waals surface area contributed by atoms with Gasteiger partial charge in [0.25, 0.3) is 0 Å². The van der Waals surface area contributed by atoms with Gasteiger partial charge in [0.15, 0.2) is 0 Å². The largest absolute Gasteiger partial charge is 0.481 e. The van der Waals surface area contributed by atoms with Crippen LogP contribution < -0.4 is 0 Å². The van der Waals surface area contributed by atoms with Gasteiger partial charge in [-0.3, -0.25) is 4.79 Å². The van der Waals surface area contributed by atoms with E-state index in [2.05, 4.69) is 12.1 Å². The minimum atomic E-state index is -0.794. The summed E-state index contributed by atoms with van der Waals surface area (Å²) in [6, 6.07) is 0. The van der Waals surface area contributed by atoms with E-state index in [-0.39, 0.29) is 18.3 Å². The number of hydrogen-bond donors (Lipinski definition) is 4. The maximum Gasteiger partial charge on any atom is 0.303 e. The number of aliphatic hydroxyl groups excluding tert-OH is 2. The van der Waals surface area contributed by atoms with Gasteiger partial charge in [-0.1, -0.05) is 68.5 Å². The molecule has 4 atom stereocenters. The van der Waals surface area contributed by atoms with Crippen molar-refractivity contribution < 1.29 is 25.3 Å². The van der Waals surface area contributed by atoms with E-state index in [1.807, 2.05) is 18.2 Å². The molecule has 0 amide bonds. The molecule has 1 aliphatic rings. The molecular formula is C22H37NO5. The summed E-state index contributed by atoms with van der Waals surface area (Å²) < 4.78 is 0. The molecule has 1 saturated carbocycles. The van der Waals surface area contributed by atoms with E-state index in [0.717, 1.165) is 19.3 Å². The van der Waals surface area contributed by atoms with Crippen LogP contribution >= 0.6 is 0 Å². The first-order valence-electron chi connectivity index (χ1n) is 10.6. The van der Waals surface area contributed by atoms with Gasteiger partial charge in [-0.05, 0) is 25.7 Å². The lowest BCUT2D eigenvalue weighted by Crippen LogP contribution is -2.19. The topological polar surface area (TPSA) is 110 Å². The summed E-state index contributed by atoms with van der Waals surface area (Å²) >= 11 is 0. The van der Waals surface area contributed by atoms with Crippen molar-refractivity contribution in [2.45, 2.75) is 89.8 Å². The Morgan fingerprint density at radius 1 is 1.21 bits per heavy atom. The molecule has 6 nitrogen and oxygen atoms in total. The Morgan fingerprint density at radius 3 is 2.64 bits per heavy atom. The van der Waals surface area contributed by atoms with Crippen molar-refractivity contribution in [3.05, 3.63) is 24.3 Å². The molecule has 0 aliphatic heterocycles. The number of rotatable bonds is 14. The van der Waals surface area contributed by atoms with Crippen LogP contribution in [0.3, 0.4) is 0 Å². The molecule has 0 bridgehead atoms. The Hall–Kier alpha value is -1.66. The number of oxime groups is 1. The number of aliphatic hydroxyl groups is 2. The summed E-state index contributed by atoms with van der Waals surface area (Å²) in [6.45, 7) is 2.18. The van der Waals surface area contributed by atoms with Gasteiger partial charge in [0, 0.05) is 24.7 Å². The second-order valence-corrected chi connectivity index (χ2v) is 7.70. The Balaban J connectivity index is 2.51. The van der Waals surface area contributed by atoms with Crippen LogP contribution in [0.5, 0.6) is 0 Å². The highest BCUT2D eigenvalue weighted by molar-refractivity contribution is 5.90. The van der Waals surface area contributed by atoms with Gasteiger partial charge < -0.3 is 20.5 Å². The van der Waals surface area contributed by atoms with E-state index in [1.165, 1.54) is 19.3 Å². The fraction of sp³-hybridized carbons (Fsp3) is 0.727. The highest BCUT2D eigenvalue weighted by Crippen LogP contribution is 2.34. The molecule has 1 fully saturated rings. The van der Waals surface area contributed by atoms with Crippen LogP contribution in [0.2, 0.25) is 0 Å². The zero-order valence-electron chi connectivity index (χ0n) is 17.0. The van der Waals surface area contributed by atoms with Crippen molar-refractivity contribution >= 4 is 11.7 Å². The molecule has 0 saturated heterocycles. The van der Waals surface area contributed by atoms with Crippen LogP contribution in [0.25, 0.3) is 0 Å². The van der Waals surface area contributed by atoms with E-state index < -0.39 is 18.2 Å². The van der Waals surface area contributed by atoms with Crippen molar-refractivity contribution in [1.82, 2.24) is 0 Å². The highest BCUT2D eigenvalue weighted by atomic mass is 16.4. The van der Waals surface area contributed by atoms with Gasteiger partial charge in [0.1, 0.15) is 0 Å². The molecule has 4 unspecified atom stereocenters. The molecular weight excluding hydrogens is 358 g/mol. The summed E-state index contributed by atoms with van der Waals surface area (Å²) in [5.41, 5.74) is 0.545. The predicted octanol–water partition coefficient (Wildman–Crippen LogP) is 4.29. The lowest BCUT2D eigenvalue weighted by Gasteiger charge is -2.18. The number of aliphatic carboxylic acids is 1. The summed E-state index contributed by atoms with van der Waals surface area (Å²) in [6.07, 6.45) is 15.3. The third kappa shape index (κ3) is 9.51. The monoisotopic (exact) mass is 395 g/mol. The molecule has 0 aromatic heterocycles. The van der Waals surface area contributed by atoms with Crippen molar-refractivity contribution in [3.8, 4) is 0 Å². The number of unbranched alkanes of at least 4 members (excludes halogenated alkanes) is 5. The molecule has 1 rings (SSSR count). The SMILES string of the molecule is CCCCCCCC(O)/C=C/C1/C(=N\O)CC(O)C1C/C=C/CCCC(=O)O. The van der Waals surface area contributed by atoms with Crippen LogP contribution in [-0.4, -0.2) is 44.4 Å². The van der Waals surface area contributed by atoms with Crippen LogP contribution in [0.1, 0.15) is 77.6 Å². The van der Waals surface area contributed by atoms with Gasteiger partial charge in [-0.2, -0.15) is 0 Å². The second kappa shape index (κ2) is 14.4. The normalized spacial score (nSPS) is 25.2. The third-order valence-electron chi connectivity index (χ3n) is 5.37. The first-order chi connectivity index (χ1) is 13.5. The van der Waals surface area contributed by atoms with Crippen molar-refractivity contribution in [2.75, 3.05) is 0 Å². The maximum absolute atomic E-state index is 10.5. The molecule has 0 heterocycles. The Kier molecular flexibility index (Phi) is 12.5. The van der Waals surface area contributed by atoms with E-state index in [4.69, 9.17) is 5.11 Å². The summed E-state index contributed by atoms with van der Waals surface area (Å²) in [7, 11) is 0. The smallest absolute Gasteiger partial charge is 0.303 e. The number of carbonyl (C=O) groups is 1. The Bertz CT molecular complexity index is 529. The lowest BCUT2D eigenvalue weighted by molar-refractivity contribution is -0.137. The van der Waals surface area contributed by atoms with Gasteiger partial charge in [-0.25, -0.2) is 0 Å². The quantitative estimate of drug-likeness (QED) is 0.152. The van der Waals surface area contributed by atoms with E-state index >= 15 is 0 Å². The standard InChI is InChI=1S/C22H37NO5/c1-2-3-4-5-8-11-17(24)14-15-18-19(21(25)16-20(18)23-28)12-9-6-7-10-13-22(26)27/h6,9,14-15,17-19,21,24-25,28H,2-5,7-8,10-13,16H2,1H3,(H,26,27)/b9-6+,15-14+,23-20-. The number of carboxylic acid groups (broad SMARTS) is 1. The number of allylic oxidation sites excluding steroid dienone is 3. The van der Waals surface area contributed by atoms with Gasteiger partial charge in [-0.15, -0.1) is 0 Å². The van der Waals surface area contributed by atoms with Crippen LogP contribution in [0.15, 0.2) is 29.5 Å². The van der Waals surface area contributed by atoms with Crippen molar-refractivity contribution in [2.24, 2.45) is 17.0 Å². The van der Waals surface area contributed by atoms with E-state index in [9.17, 15) is 20.2 Å². The molecule has 6 heteroatoms. The average Bonchev–Trinajstić information content (AvgIpc) is 2.97. The first-order valence-corrected chi connectivity index (χ1v) is 10.6. The number of nitrogens with zero attached hydrogens (tertiary/aromatic N) is 1. The summed E-state index contributed by atoms with van der Waals surface area (Å²) in [5, 5.41) is 41.8. The number of carboxylic acids is 1. The fourth-order valence-electron chi connectivity index (χ4n) is 3.70. The molecule has 0 aromatic carbocycles. The Morgan fingerprint density at radius 2 is 1.96 bits per heavy atom. The predicted molar refractivity (Wildman–Crippen MR) is 111 cm³/mol. The molecule has 0 aromatic rings. The average molecular weight is 396 g/mol. The molecule has 28 heavy (non-hydrogen) atoms. The highest BCUT2D eigenvalue weighted by Gasteiger charge is 2.38. The molecule has 1 aliphatic carbocycles. The first kappa shape index (κ1) is 24.4. The molecule has 160 valence electrons. The third-order valence-corrected chi connectivity index (χ3v) is 5.37. The summed E-state index contributed by atoms with van der Waals surface area (Å²) in [5.74, 6) is -1.09. The minimum Gasteiger partial charge on any atom is -0.481 e. The van der Waals surface area contributed by atoms with Crippen LogP contribution in [0.4, 0.5) is 0 Å². The Labute approximate surface area is 168 Å². The zero-order chi connectivity index (χ0) is 20.8. The number of hydrogen-bond acceptors (Lipinski definition) is 5. The molecule has 0 spiro atoms.